The van der Waals surface area contributed by atoms with Gasteiger partial charge in [0.05, 0.1) is 47.8 Å². The third-order valence-corrected chi connectivity index (χ3v) is 13.8. The van der Waals surface area contributed by atoms with Crippen LogP contribution >= 0.6 is 0 Å². The molecule has 1 heterocycles. The fourth-order valence-corrected chi connectivity index (χ4v) is 10.3. The number of benzene rings is 3. The van der Waals surface area contributed by atoms with E-state index in [-0.39, 0.29) is 47.5 Å². The molecule has 18 nitrogen and oxygen atoms in total. The van der Waals surface area contributed by atoms with Crippen molar-refractivity contribution < 1.29 is 82.0 Å². The van der Waals surface area contributed by atoms with E-state index in [0.717, 1.165) is 6.92 Å². The fourth-order valence-electron chi connectivity index (χ4n) is 10.3. The molecule has 2 unspecified atom stereocenters. The van der Waals surface area contributed by atoms with E-state index in [9.17, 15) is 44.1 Å². The number of nitrogens with one attached hydrogen (secondary N) is 1. The van der Waals surface area contributed by atoms with Gasteiger partial charge in [-0.3, -0.25) is 9.59 Å². The van der Waals surface area contributed by atoms with Crippen LogP contribution in [0.25, 0.3) is 0 Å². The summed E-state index contributed by atoms with van der Waals surface area (Å²) < 4.78 is 40.3. The Hall–Kier alpha value is -6.47. The molecule has 1 aliphatic heterocycles. The lowest BCUT2D eigenvalue weighted by Gasteiger charge is -2.67. The maximum absolute atomic E-state index is 15.6. The minimum Gasteiger partial charge on any atom is -0.456 e. The van der Waals surface area contributed by atoms with Gasteiger partial charge in [0.25, 0.3) is 0 Å². The molecule has 4 N–H and O–H groups in total. The van der Waals surface area contributed by atoms with Gasteiger partial charge < -0.3 is 53.8 Å². The van der Waals surface area contributed by atoms with Crippen LogP contribution in [0, 0.1) is 16.7 Å². The molecule has 0 radical (unpaired) electrons. The second-order valence-corrected chi connectivity index (χ2v) is 17.9. The first kappa shape index (κ1) is 48.5. The van der Waals surface area contributed by atoms with Crippen molar-refractivity contribution in [3.05, 3.63) is 119 Å². The van der Waals surface area contributed by atoms with E-state index in [1.165, 1.54) is 71.0 Å². The summed E-state index contributed by atoms with van der Waals surface area (Å²) >= 11 is 0. The number of ketones is 1. The molecule has 3 aliphatic carbocycles. The molecule has 4 aliphatic rings. The first-order valence-electron chi connectivity index (χ1n) is 21.8. The monoisotopic (exact) mass is 927 g/mol. The Labute approximate surface area is 385 Å². The summed E-state index contributed by atoms with van der Waals surface area (Å²) in [7, 11) is 0. The standard InChI is InChI=1S/C49H53NO17/c1-7-61-45(59)64-37-34-26(2)31(63-43(57)36(53)35(28-17-11-8-12-18-28)50-44(58)66-42(56)30-21-15-10-16-22-30)24-49(60,46(34,4)5)40(65-41(55)29-19-13-9-14-20-29)38-47(6,39(37)54)32(52)23-33-48(38,25-62-33)67-27(3)51/h8-22,31-33,35-38,40,52-53,60H,7,23-25H2,1-6H3,(H,50,58)/t31-,32-,33+,35-,36+,37+,38?,40?,47+,48-,49+/m0/s1. The van der Waals surface area contributed by atoms with Crippen LogP contribution in [0.5, 0.6) is 0 Å². The number of hydrogen-bond acceptors (Lipinski definition) is 17. The van der Waals surface area contributed by atoms with Gasteiger partial charge in [0.1, 0.15) is 23.9 Å². The van der Waals surface area contributed by atoms with Crippen LogP contribution in [0.3, 0.4) is 0 Å². The van der Waals surface area contributed by atoms with E-state index in [4.69, 9.17) is 33.2 Å². The number of esters is 4. The number of aliphatic hydroxyl groups is 3. The Balaban J connectivity index is 1.36. The number of hydrogen-bond donors (Lipinski definition) is 4. The summed E-state index contributed by atoms with van der Waals surface area (Å²) in [6.07, 6.45) is -14.0. The van der Waals surface area contributed by atoms with Gasteiger partial charge in [0, 0.05) is 25.2 Å². The lowest BCUT2D eigenvalue weighted by Crippen LogP contribution is -2.82. The SMILES string of the molecule is CCOC(=O)O[C@H]1C(=O)[C@@]2(C)C(C(OC(=O)c3ccccc3)[C@]3(O)C[C@H](OC(=O)[C@H](O)[C@@H](NC(=O)OC(=O)c4ccccc4)c4ccccc4)C(C)=C1C3(C)C)[C@]1(OC(C)=O)CO[C@@H]1C[C@@H]2O. The highest BCUT2D eigenvalue weighted by Crippen LogP contribution is 2.64. The quantitative estimate of drug-likeness (QED) is 0.0895. The summed E-state index contributed by atoms with van der Waals surface area (Å²) in [5.74, 6) is -6.79. The van der Waals surface area contributed by atoms with Gasteiger partial charge in [-0.2, -0.15) is 0 Å². The number of ether oxygens (including phenoxy) is 7. The minimum absolute atomic E-state index is 0.0270. The van der Waals surface area contributed by atoms with Gasteiger partial charge in [0.2, 0.25) is 0 Å². The Morgan fingerprint density at radius 3 is 1.99 bits per heavy atom. The van der Waals surface area contributed by atoms with Crippen molar-refractivity contribution >= 4 is 41.9 Å². The maximum Gasteiger partial charge on any atom is 0.509 e. The molecule has 2 bridgehead atoms. The normalized spacial score (nSPS) is 30.2. The molecular weight excluding hydrogens is 875 g/mol. The summed E-state index contributed by atoms with van der Waals surface area (Å²) in [5.41, 5.74) is -8.04. The highest BCUT2D eigenvalue weighted by molar-refractivity contribution is 5.97. The Kier molecular flexibility index (Phi) is 13.5. The highest BCUT2D eigenvalue weighted by Gasteiger charge is 2.78. The molecule has 18 heteroatoms. The van der Waals surface area contributed by atoms with E-state index in [0.29, 0.717) is 0 Å². The van der Waals surface area contributed by atoms with Crippen molar-refractivity contribution in [3.63, 3.8) is 0 Å². The molecule has 7 rings (SSSR count). The van der Waals surface area contributed by atoms with Gasteiger partial charge in [-0.15, -0.1) is 0 Å². The largest absolute Gasteiger partial charge is 0.509 e. The Morgan fingerprint density at radius 1 is 0.851 bits per heavy atom. The molecule has 2 saturated carbocycles. The van der Waals surface area contributed by atoms with Gasteiger partial charge >= 0.3 is 36.1 Å². The zero-order valence-corrected chi connectivity index (χ0v) is 37.7. The summed E-state index contributed by atoms with van der Waals surface area (Å²) in [5, 5.41) is 40.0. The zero-order valence-electron chi connectivity index (χ0n) is 37.7. The molecule has 1 saturated heterocycles. The number of carbonyl (C=O) groups is 7. The van der Waals surface area contributed by atoms with Crippen LogP contribution in [-0.2, 0) is 47.5 Å². The van der Waals surface area contributed by atoms with E-state index >= 15 is 4.79 Å². The van der Waals surface area contributed by atoms with Crippen LogP contribution in [0.2, 0.25) is 0 Å². The molecule has 0 aromatic heterocycles. The molecule has 3 fully saturated rings. The van der Waals surface area contributed by atoms with Crippen molar-refractivity contribution in [2.75, 3.05) is 13.2 Å². The lowest BCUT2D eigenvalue weighted by atomic mass is 9.44. The van der Waals surface area contributed by atoms with Crippen LogP contribution < -0.4 is 5.32 Å². The van der Waals surface area contributed by atoms with Crippen molar-refractivity contribution in [1.82, 2.24) is 5.32 Å². The first-order chi connectivity index (χ1) is 31.7. The maximum atomic E-state index is 15.6. The van der Waals surface area contributed by atoms with E-state index in [1.54, 1.807) is 54.6 Å². The Bertz CT molecular complexity index is 2440. The zero-order chi connectivity index (χ0) is 48.6. The molecule has 1 amide bonds. The molecule has 11 atom stereocenters. The molecule has 0 spiro atoms. The number of amides is 1. The summed E-state index contributed by atoms with van der Waals surface area (Å²) in [6.45, 7) is 7.90. The Morgan fingerprint density at radius 2 is 1.43 bits per heavy atom. The predicted octanol–water partition coefficient (Wildman–Crippen LogP) is 4.48. The van der Waals surface area contributed by atoms with Gasteiger partial charge in [-0.25, -0.2) is 24.0 Å². The molecular formula is C49H53NO17. The molecule has 67 heavy (non-hydrogen) atoms. The second-order valence-electron chi connectivity index (χ2n) is 17.9. The smallest absolute Gasteiger partial charge is 0.456 e. The number of rotatable bonds is 11. The average Bonchev–Trinajstić information content (AvgIpc) is 3.29. The average molecular weight is 928 g/mol. The third-order valence-electron chi connectivity index (χ3n) is 13.8. The van der Waals surface area contributed by atoms with Crippen molar-refractivity contribution in [3.8, 4) is 0 Å². The second kappa shape index (κ2) is 18.7. The molecule has 3 aromatic rings. The van der Waals surface area contributed by atoms with Crippen molar-refractivity contribution in [1.29, 1.82) is 0 Å². The predicted molar refractivity (Wildman–Crippen MR) is 231 cm³/mol. The van der Waals surface area contributed by atoms with Crippen LogP contribution in [0.15, 0.2) is 102 Å². The number of aliphatic hydroxyl groups excluding tert-OH is 2. The molecule has 3 aromatic carbocycles. The first-order valence-corrected chi connectivity index (χ1v) is 21.8. The van der Waals surface area contributed by atoms with Gasteiger partial charge in [0.15, 0.2) is 23.6 Å². The lowest BCUT2D eigenvalue weighted by molar-refractivity contribution is -0.346. The van der Waals surface area contributed by atoms with Crippen LogP contribution in [0.4, 0.5) is 9.59 Å². The fraction of sp³-hybridized carbons (Fsp3) is 0.449. The van der Waals surface area contributed by atoms with Crippen molar-refractivity contribution in [2.24, 2.45) is 16.7 Å². The number of Topliss-reactive ketones (excluding diaryl/α,β-unsaturated/α-hetero) is 1. The van der Waals surface area contributed by atoms with Crippen molar-refractivity contribution in [2.45, 2.75) is 108 Å². The molecule has 356 valence electrons. The van der Waals surface area contributed by atoms with Gasteiger partial charge in [-0.05, 0) is 61.7 Å². The topological polar surface area (TPSA) is 257 Å². The number of carbonyl (C=O) groups excluding carboxylic acids is 7. The third kappa shape index (κ3) is 8.58. The van der Waals surface area contributed by atoms with E-state index in [2.05, 4.69) is 5.32 Å². The van der Waals surface area contributed by atoms with Crippen LogP contribution in [0.1, 0.15) is 86.7 Å². The van der Waals surface area contributed by atoms with E-state index in [1.807, 2.05) is 0 Å². The van der Waals surface area contributed by atoms with Crippen LogP contribution in [-0.4, -0.2) is 118 Å². The van der Waals surface area contributed by atoms with Gasteiger partial charge in [-0.1, -0.05) is 80.6 Å². The summed E-state index contributed by atoms with van der Waals surface area (Å²) in [4.78, 5) is 96.8. The highest BCUT2D eigenvalue weighted by atomic mass is 16.7. The minimum atomic E-state index is -2.49. The number of alkyl carbamates (subject to hydrolysis) is 1. The number of fused-ring (bicyclic) bond motifs is 5. The van der Waals surface area contributed by atoms with E-state index < -0.39 is 119 Å². The summed E-state index contributed by atoms with van der Waals surface area (Å²) in [6, 6.07) is 21.5.